The van der Waals surface area contributed by atoms with Crippen molar-refractivity contribution < 1.29 is 4.79 Å². The highest BCUT2D eigenvalue weighted by Gasteiger charge is 2.12. The van der Waals surface area contributed by atoms with Crippen molar-refractivity contribution in [1.29, 1.82) is 0 Å². The van der Waals surface area contributed by atoms with E-state index in [1.807, 2.05) is 42.6 Å². The van der Waals surface area contributed by atoms with Crippen LogP contribution in [0, 0.1) is 5.92 Å². The molecule has 0 bridgehead atoms. The zero-order valence-electron chi connectivity index (χ0n) is 15.7. The van der Waals surface area contributed by atoms with Crippen molar-refractivity contribution in [3.8, 4) is 0 Å². The van der Waals surface area contributed by atoms with E-state index in [0.29, 0.717) is 18.2 Å². The van der Waals surface area contributed by atoms with E-state index in [-0.39, 0.29) is 5.91 Å². The number of carbonyl (C=O) groups excluding carboxylic acids is 1. The normalized spacial score (nSPS) is 11.5. The SMILES string of the molecule is CC(C)Cn1cc(CCNC(=O)c2cc3ccccc3[nH]2)c2cccnc21. The number of rotatable bonds is 6. The summed E-state index contributed by atoms with van der Waals surface area (Å²) in [6.07, 6.45) is 4.78. The Balaban J connectivity index is 1.46. The molecule has 138 valence electrons. The van der Waals surface area contributed by atoms with Crippen LogP contribution >= 0.6 is 0 Å². The summed E-state index contributed by atoms with van der Waals surface area (Å²) >= 11 is 0. The number of hydrogen-bond acceptors (Lipinski definition) is 2. The number of carbonyl (C=O) groups is 1. The second-order valence-electron chi connectivity index (χ2n) is 7.35. The fourth-order valence-electron chi connectivity index (χ4n) is 3.53. The Morgan fingerprint density at radius 2 is 2.07 bits per heavy atom. The maximum absolute atomic E-state index is 12.5. The van der Waals surface area contributed by atoms with E-state index in [2.05, 4.69) is 46.0 Å². The van der Waals surface area contributed by atoms with E-state index in [1.165, 1.54) is 5.56 Å². The first kappa shape index (κ1) is 17.3. The summed E-state index contributed by atoms with van der Waals surface area (Å²) in [4.78, 5) is 20.2. The number of H-pyrrole nitrogens is 1. The maximum atomic E-state index is 12.5. The highest BCUT2D eigenvalue weighted by molar-refractivity contribution is 5.98. The quantitative estimate of drug-likeness (QED) is 0.543. The molecule has 27 heavy (non-hydrogen) atoms. The fourth-order valence-corrected chi connectivity index (χ4v) is 3.53. The molecule has 5 heteroatoms. The molecule has 0 aliphatic heterocycles. The standard InChI is InChI=1S/C22H24N4O/c1-15(2)13-26-14-17(18-7-5-10-23-21(18)26)9-11-24-22(27)20-12-16-6-3-4-8-19(16)25-20/h3-8,10,12,14-15,25H,9,11,13H2,1-2H3,(H,24,27). The molecule has 3 heterocycles. The van der Waals surface area contributed by atoms with Crippen LogP contribution in [0.2, 0.25) is 0 Å². The lowest BCUT2D eigenvalue weighted by Gasteiger charge is -2.06. The van der Waals surface area contributed by atoms with Crippen LogP contribution in [0.5, 0.6) is 0 Å². The molecular formula is C22H24N4O. The number of para-hydroxylation sites is 1. The first-order valence-corrected chi connectivity index (χ1v) is 9.40. The van der Waals surface area contributed by atoms with E-state index in [1.54, 1.807) is 0 Å². The van der Waals surface area contributed by atoms with E-state index in [4.69, 9.17) is 0 Å². The Hall–Kier alpha value is -3.08. The van der Waals surface area contributed by atoms with Gasteiger partial charge in [-0.05, 0) is 42.2 Å². The zero-order chi connectivity index (χ0) is 18.8. The van der Waals surface area contributed by atoms with Crippen LogP contribution in [0.3, 0.4) is 0 Å². The molecule has 0 unspecified atom stereocenters. The average molecular weight is 360 g/mol. The van der Waals surface area contributed by atoms with Gasteiger partial charge in [-0.3, -0.25) is 4.79 Å². The fraction of sp³-hybridized carbons (Fsp3) is 0.273. The van der Waals surface area contributed by atoms with Crippen LogP contribution in [0.15, 0.2) is 54.9 Å². The van der Waals surface area contributed by atoms with Crippen molar-refractivity contribution in [3.63, 3.8) is 0 Å². The molecule has 3 aromatic heterocycles. The van der Waals surface area contributed by atoms with Crippen molar-refractivity contribution >= 4 is 27.8 Å². The second kappa shape index (κ2) is 7.27. The number of nitrogens with one attached hydrogen (secondary N) is 2. The van der Waals surface area contributed by atoms with Gasteiger partial charge in [-0.15, -0.1) is 0 Å². The van der Waals surface area contributed by atoms with Gasteiger partial charge >= 0.3 is 0 Å². The predicted molar refractivity (Wildman–Crippen MR) is 109 cm³/mol. The molecule has 1 amide bonds. The summed E-state index contributed by atoms with van der Waals surface area (Å²) < 4.78 is 2.22. The van der Waals surface area contributed by atoms with Gasteiger partial charge in [-0.25, -0.2) is 4.98 Å². The van der Waals surface area contributed by atoms with E-state index in [0.717, 1.165) is 34.9 Å². The van der Waals surface area contributed by atoms with Gasteiger partial charge in [0.25, 0.3) is 5.91 Å². The van der Waals surface area contributed by atoms with Gasteiger partial charge in [0.05, 0.1) is 0 Å². The summed E-state index contributed by atoms with van der Waals surface area (Å²) in [6, 6.07) is 13.9. The third-order valence-corrected chi connectivity index (χ3v) is 4.73. The number of nitrogens with zero attached hydrogens (tertiary/aromatic N) is 2. The van der Waals surface area contributed by atoms with Gasteiger partial charge in [-0.1, -0.05) is 32.0 Å². The molecule has 0 saturated heterocycles. The molecule has 1 aromatic carbocycles. The van der Waals surface area contributed by atoms with Gasteiger partial charge in [0, 0.05) is 41.8 Å². The first-order valence-electron chi connectivity index (χ1n) is 9.40. The number of amides is 1. The third-order valence-electron chi connectivity index (χ3n) is 4.73. The Labute approximate surface area is 158 Å². The lowest BCUT2D eigenvalue weighted by Crippen LogP contribution is -2.25. The number of benzene rings is 1. The highest BCUT2D eigenvalue weighted by atomic mass is 16.1. The minimum Gasteiger partial charge on any atom is -0.351 e. The average Bonchev–Trinajstić information content (AvgIpc) is 3.24. The minimum absolute atomic E-state index is 0.0738. The second-order valence-corrected chi connectivity index (χ2v) is 7.35. The first-order chi connectivity index (χ1) is 13.1. The molecular weight excluding hydrogens is 336 g/mol. The number of aromatic amines is 1. The number of hydrogen-bond donors (Lipinski definition) is 2. The van der Waals surface area contributed by atoms with Gasteiger partial charge in [-0.2, -0.15) is 0 Å². The Morgan fingerprint density at radius 3 is 2.89 bits per heavy atom. The molecule has 5 nitrogen and oxygen atoms in total. The van der Waals surface area contributed by atoms with Crippen molar-refractivity contribution in [2.45, 2.75) is 26.8 Å². The monoisotopic (exact) mass is 360 g/mol. The third kappa shape index (κ3) is 3.58. The summed E-state index contributed by atoms with van der Waals surface area (Å²) in [5, 5.41) is 5.23. The number of pyridine rings is 1. The zero-order valence-corrected chi connectivity index (χ0v) is 15.7. The summed E-state index contributed by atoms with van der Waals surface area (Å²) in [6.45, 7) is 5.93. The summed E-state index contributed by atoms with van der Waals surface area (Å²) in [5.74, 6) is 0.479. The van der Waals surface area contributed by atoms with Crippen LogP contribution in [0.25, 0.3) is 21.9 Å². The molecule has 0 spiro atoms. The Morgan fingerprint density at radius 1 is 1.22 bits per heavy atom. The summed E-state index contributed by atoms with van der Waals surface area (Å²) in [7, 11) is 0. The van der Waals surface area contributed by atoms with E-state index < -0.39 is 0 Å². The van der Waals surface area contributed by atoms with Gasteiger partial charge in [0.15, 0.2) is 0 Å². The Kier molecular flexibility index (Phi) is 4.67. The van der Waals surface area contributed by atoms with E-state index in [9.17, 15) is 4.79 Å². The topological polar surface area (TPSA) is 62.7 Å². The van der Waals surface area contributed by atoms with Gasteiger partial charge in [0.1, 0.15) is 11.3 Å². The molecule has 0 atom stereocenters. The maximum Gasteiger partial charge on any atom is 0.267 e. The lowest BCUT2D eigenvalue weighted by molar-refractivity contribution is 0.0950. The largest absolute Gasteiger partial charge is 0.351 e. The summed E-state index contributed by atoms with van der Waals surface area (Å²) in [5.41, 5.74) is 3.81. The molecule has 4 aromatic rings. The van der Waals surface area contributed by atoms with E-state index >= 15 is 0 Å². The van der Waals surface area contributed by atoms with Crippen molar-refractivity contribution in [3.05, 3.63) is 66.1 Å². The minimum atomic E-state index is -0.0738. The molecule has 2 N–H and O–H groups in total. The van der Waals surface area contributed by atoms with Crippen LogP contribution < -0.4 is 5.32 Å². The Bertz CT molecular complexity index is 1060. The van der Waals surface area contributed by atoms with Crippen molar-refractivity contribution in [2.24, 2.45) is 5.92 Å². The van der Waals surface area contributed by atoms with Crippen molar-refractivity contribution in [2.75, 3.05) is 6.54 Å². The molecule has 0 aliphatic rings. The van der Waals surface area contributed by atoms with Crippen LogP contribution in [0.4, 0.5) is 0 Å². The molecule has 4 rings (SSSR count). The molecule has 0 saturated carbocycles. The molecule has 0 fully saturated rings. The number of aromatic nitrogens is 3. The van der Waals surface area contributed by atoms with Crippen LogP contribution in [-0.4, -0.2) is 27.0 Å². The lowest BCUT2D eigenvalue weighted by atomic mass is 10.1. The molecule has 0 aliphatic carbocycles. The number of fused-ring (bicyclic) bond motifs is 2. The van der Waals surface area contributed by atoms with Crippen LogP contribution in [-0.2, 0) is 13.0 Å². The highest BCUT2D eigenvalue weighted by Crippen LogP contribution is 2.21. The van der Waals surface area contributed by atoms with Crippen molar-refractivity contribution in [1.82, 2.24) is 19.9 Å². The molecule has 0 radical (unpaired) electrons. The van der Waals surface area contributed by atoms with Crippen LogP contribution in [0.1, 0.15) is 29.9 Å². The van der Waals surface area contributed by atoms with Gasteiger partial charge < -0.3 is 14.9 Å². The predicted octanol–water partition coefficient (Wildman–Crippen LogP) is 4.15. The van der Waals surface area contributed by atoms with Gasteiger partial charge in [0.2, 0.25) is 0 Å². The smallest absolute Gasteiger partial charge is 0.267 e.